The SMILES string of the molecule is O=C1CC2c3ccccc3C1C1C(=O)N(c3ccc(N=Nc4ccccc4)cc3)C(=O)C21. The van der Waals surface area contributed by atoms with Crippen LogP contribution in [0, 0.1) is 11.8 Å². The predicted molar refractivity (Wildman–Crippen MR) is 118 cm³/mol. The van der Waals surface area contributed by atoms with Crippen molar-refractivity contribution < 1.29 is 14.4 Å². The van der Waals surface area contributed by atoms with Gasteiger partial charge in [-0.2, -0.15) is 10.2 Å². The summed E-state index contributed by atoms with van der Waals surface area (Å²) < 4.78 is 0. The molecule has 4 unspecified atom stereocenters. The van der Waals surface area contributed by atoms with Gasteiger partial charge in [-0.25, -0.2) is 0 Å². The van der Waals surface area contributed by atoms with Gasteiger partial charge in [0.15, 0.2) is 0 Å². The van der Waals surface area contributed by atoms with Crippen molar-refractivity contribution in [3.63, 3.8) is 0 Å². The molecule has 7 rings (SSSR count). The second-order valence-electron chi connectivity index (χ2n) is 8.50. The summed E-state index contributed by atoms with van der Waals surface area (Å²) >= 11 is 0. The summed E-state index contributed by atoms with van der Waals surface area (Å²) in [7, 11) is 0. The van der Waals surface area contributed by atoms with E-state index in [-0.39, 0.29) is 23.5 Å². The number of carbonyl (C=O) groups is 3. The van der Waals surface area contributed by atoms with E-state index in [1.165, 1.54) is 4.90 Å². The molecule has 1 heterocycles. The zero-order valence-corrected chi connectivity index (χ0v) is 17.1. The molecule has 3 aromatic rings. The molecule has 4 aliphatic rings. The van der Waals surface area contributed by atoms with E-state index < -0.39 is 17.8 Å². The van der Waals surface area contributed by atoms with Crippen molar-refractivity contribution in [2.75, 3.05) is 4.90 Å². The van der Waals surface area contributed by atoms with Crippen LogP contribution in [0.3, 0.4) is 0 Å². The number of Topliss-reactive ketones (excluding diaryl/α,β-unsaturated/α-hetero) is 1. The average Bonchev–Trinajstić information content (AvgIpc) is 3.10. The Bertz CT molecular complexity index is 1280. The monoisotopic (exact) mass is 421 g/mol. The van der Waals surface area contributed by atoms with E-state index in [9.17, 15) is 14.4 Å². The number of ketones is 1. The number of anilines is 1. The Balaban J connectivity index is 1.31. The summed E-state index contributed by atoms with van der Waals surface area (Å²) in [6, 6.07) is 24.0. The third-order valence-electron chi connectivity index (χ3n) is 6.83. The standard InChI is InChI=1S/C26H19N3O3/c30-21-14-20-18-8-4-5-9-19(18)22(21)24-23(20)25(31)29(26(24)32)17-12-10-16(11-13-17)28-27-15-6-2-1-3-7-15/h1-13,20,22-24H,14H2. The molecule has 2 bridgehead atoms. The molecule has 1 aliphatic heterocycles. The molecular weight excluding hydrogens is 402 g/mol. The van der Waals surface area contributed by atoms with Crippen molar-refractivity contribution >= 4 is 34.7 Å². The fourth-order valence-electron chi connectivity index (χ4n) is 5.49. The first-order valence-corrected chi connectivity index (χ1v) is 10.7. The largest absolute Gasteiger partial charge is 0.299 e. The Morgan fingerprint density at radius 1 is 0.656 bits per heavy atom. The Kier molecular flexibility index (Phi) is 4.15. The van der Waals surface area contributed by atoms with Gasteiger partial charge in [0.2, 0.25) is 11.8 Å². The minimum atomic E-state index is -0.610. The van der Waals surface area contributed by atoms with Crippen molar-refractivity contribution in [1.29, 1.82) is 0 Å². The van der Waals surface area contributed by atoms with Crippen LogP contribution in [0.25, 0.3) is 0 Å². The number of rotatable bonds is 3. The van der Waals surface area contributed by atoms with Gasteiger partial charge in [0, 0.05) is 12.3 Å². The highest BCUT2D eigenvalue weighted by Gasteiger charge is 2.62. The van der Waals surface area contributed by atoms with Crippen LogP contribution in [0.15, 0.2) is 89.1 Å². The summed E-state index contributed by atoms with van der Waals surface area (Å²) in [6.45, 7) is 0. The van der Waals surface area contributed by atoms with E-state index in [2.05, 4.69) is 10.2 Å². The van der Waals surface area contributed by atoms with Gasteiger partial charge in [0.05, 0.1) is 34.8 Å². The molecule has 156 valence electrons. The highest BCUT2D eigenvalue weighted by Crippen LogP contribution is 2.57. The average molecular weight is 421 g/mol. The van der Waals surface area contributed by atoms with Crippen molar-refractivity contribution in [3.8, 4) is 0 Å². The van der Waals surface area contributed by atoms with E-state index >= 15 is 0 Å². The molecule has 1 saturated heterocycles. The second-order valence-corrected chi connectivity index (χ2v) is 8.50. The van der Waals surface area contributed by atoms with E-state index in [0.29, 0.717) is 17.8 Å². The lowest BCUT2D eigenvalue weighted by Crippen LogP contribution is -2.44. The molecule has 6 nitrogen and oxygen atoms in total. The van der Waals surface area contributed by atoms with Crippen molar-refractivity contribution in [2.45, 2.75) is 18.3 Å². The zero-order valence-electron chi connectivity index (χ0n) is 17.1. The predicted octanol–water partition coefficient (Wildman–Crippen LogP) is 5.06. The molecule has 3 aromatic carbocycles. The number of hydrogen-bond donors (Lipinski definition) is 0. The van der Waals surface area contributed by atoms with Crippen molar-refractivity contribution in [2.24, 2.45) is 22.1 Å². The minimum absolute atomic E-state index is 0.0645. The van der Waals surface area contributed by atoms with E-state index in [1.807, 2.05) is 54.6 Å². The first kappa shape index (κ1) is 18.8. The van der Waals surface area contributed by atoms with Gasteiger partial charge in [0.25, 0.3) is 0 Å². The molecule has 2 amide bonds. The molecule has 1 saturated carbocycles. The third-order valence-corrected chi connectivity index (χ3v) is 6.83. The lowest BCUT2D eigenvalue weighted by molar-refractivity contribution is -0.134. The van der Waals surface area contributed by atoms with Gasteiger partial charge in [-0.3, -0.25) is 19.3 Å². The number of amides is 2. The van der Waals surface area contributed by atoms with Crippen LogP contribution in [-0.4, -0.2) is 17.6 Å². The van der Waals surface area contributed by atoms with Crippen LogP contribution in [0.4, 0.5) is 17.1 Å². The molecular formula is C26H19N3O3. The smallest absolute Gasteiger partial charge is 0.238 e. The highest BCUT2D eigenvalue weighted by molar-refractivity contribution is 6.24. The molecule has 6 heteroatoms. The Morgan fingerprint density at radius 3 is 1.97 bits per heavy atom. The fourth-order valence-corrected chi connectivity index (χ4v) is 5.49. The van der Waals surface area contributed by atoms with Crippen LogP contribution in [0.2, 0.25) is 0 Å². The molecule has 3 aliphatic carbocycles. The van der Waals surface area contributed by atoms with Gasteiger partial charge in [-0.05, 0) is 47.5 Å². The van der Waals surface area contributed by atoms with E-state index in [0.717, 1.165) is 16.8 Å². The van der Waals surface area contributed by atoms with Gasteiger partial charge in [0.1, 0.15) is 5.78 Å². The first-order valence-electron chi connectivity index (χ1n) is 10.7. The summed E-state index contributed by atoms with van der Waals surface area (Å²) in [5.74, 6) is -2.27. The first-order chi connectivity index (χ1) is 15.6. The summed E-state index contributed by atoms with van der Waals surface area (Å²) in [4.78, 5) is 40.9. The molecule has 0 aromatic heterocycles. The second kappa shape index (κ2) is 7.05. The van der Waals surface area contributed by atoms with Crippen LogP contribution in [0.5, 0.6) is 0 Å². The van der Waals surface area contributed by atoms with E-state index in [1.54, 1.807) is 24.3 Å². The molecule has 4 atom stereocenters. The number of nitrogens with zero attached hydrogens (tertiary/aromatic N) is 3. The van der Waals surface area contributed by atoms with Crippen molar-refractivity contribution in [1.82, 2.24) is 0 Å². The zero-order chi connectivity index (χ0) is 21.8. The highest BCUT2D eigenvalue weighted by atomic mass is 16.2. The van der Waals surface area contributed by atoms with Gasteiger partial charge >= 0.3 is 0 Å². The molecule has 0 spiro atoms. The minimum Gasteiger partial charge on any atom is -0.299 e. The molecule has 32 heavy (non-hydrogen) atoms. The van der Waals surface area contributed by atoms with Crippen LogP contribution in [0.1, 0.15) is 29.4 Å². The Morgan fingerprint density at radius 2 is 1.25 bits per heavy atom. The van der Waals surface area contributed by atoms with Crippen molar-refractivity contribution in [3.05, 3.63) is 90.0 Å². The topological polar surface area (TPSA) is 79.2 Å². The van der Waals surface area contributed by atoms with Gasteiger partial charge in [-0.15, -0.1) is 0 Å². The number of imide groups is 1. The lowest BCUT2D eigenvalue weighted by atomic mass is 9.56. The number of carbonyl (C=O) groups excluding carboxylic acids is 3. The number of azo groups is 1. The molecule has 0 N–H and O–H groups in total. The quantitative estimate of drug-likeness (QED) is 0.438. The maximum absolute atomic E-state index is 13.4. The Hall–Kier alpha value is -3.93. The molecule has 2 fully saturated rings. The fraction of sp³-hybridized carbons (Fsp3) is 0.192. The van der Waals surface area contributed by atoms with Gasteiger partial charge < -0.3 is 0 Å². The number of benzene rings is 3. The van der Waals surface area contributed by atoms with E-state index in [4.69, 9.17) is 0 Å². The van der Waals surface area contributed by atoms with Gasteiger partial charge in [-0.1, -0.05) is 42.5 Å². The normalized spacial score (nSPS) is 26.0. The summed E-state index contributed by atoms with van der Waals surface area (Å²) in [5.41, 5.74) is 3.82. The van der Waals surface area contributed by atoms with Crippen LogP contribution >= 0.6 is 0 Å². The third kappa shape index (κ3) is 2.69. The van der Waals surface area contributed by atoms with Crippen LogP contribution < -0.4 is 4.90 Å². The molecule has 0 radical (unpaired) electrons. The lowest BCUT2D eigenvalue weighted by Gasteiger charge is -2.43. The Labute approximate surface area is 184 Å². The number of fused-ring (bicyclic) bond motifs is 1. The summed E-state index contributed by atoms with van der Waals surface area (Å²) in [6.07, 6.45) is 0.328. The maximum Gasteiger partial charge on any atom is 0.238 e. The number of hydrogen-bond acceptors (Lipinski definition) is 5. The summed E-state index contributed by atoms with van der Waals surface area (Å²) in [5, 5.41) is 8.41. The maximum atomic E-state index is 13.4. The van der Waals surface area contributed by atoms with Crippen LogP contribution in [-0.2, 0) is 14.4 Å².